The third-order valence-corrected chi connectivity index (χ3v) is 2.87. The maximum atomic E-state index is 11.9. The Balaban J connectivity index is 2.64. The summed E-state index contributed by atoms with van der Waals surface area (Å²) in [6.45, 7) is 4.81. The van der Waals surface area contributed by atoms with Crippen LogP contribution in [0.1, 0.15) is 25.3 Å². The third kappa shape index (κ3) is 4.27. The van der Waals surface area contributed by atoms with Crippen molar-refractivity contribution in [3.8, 4) is 0 Å². The number of hydrogen-bond acceptors (Lipinski definition) is 1. The van der Waals surface area contributed by atoms with Crippen LogP contribution in [0.4, 0.5) is 10.5 Å². The summed E-state index contributed by atoms with van der Waals surface area (Å²) in [5.41, 5.74) is 1.78. The third-order valence-electron chi connectivity index (χ3n) is 2.63. The second-order valence-electron chi connectivity index (χ2n) is 4.16. The Bertz CT molecular complexity index is 393. The maximum absolute atomic E-state index is 11.9. The van der Waals surface area contributed by atoms with Gasteiger partial charge in [0.15, 0.2) is 0 Å². The largest absolute Gasteiger partial charge is 0.328 e. The molecule has 1 aromatic carbocycles. The molecule has 0 heterocycles. The number of aryl methyl sites for hydroxylation is 1. The molecule has 1 N–H and O–H groups in total. The van der Waals surface area contributed by atoms with Crippen molar-refractivity contribution in [3.63, 3.8) is 0 Å². The van der Waals surface area contributed by atoms with Gasteiger partial charge >= 0.3 is 6.03 Å². The molecule has 94 valence electrons. The molecule has 0 aliphatic rings. The molecule has 0 aliphatic heterocycles. The summed E-state index contributed by atoms with van der Waals surface area (Å²) in [7, 11) is 1.80. The van der Waals surface area contributed by atoms with Crippen molar-refractivity contribution in [1.82, 2.24) is 4.90 Å². The lowest BCUT2D eigenvalue weighted by molar-refractivity contribution is 0.222. The number of carbonyl (C=O) groups excluding carboxylic acids is 1. The number of urea groups is 1. The second kappa shape index (κ2) is 6.50. The van der Waals surface area contributed by atoms with Crippen molar-refractivity contribution in [3.05, 3.63) is 28.8 Å². The van der Waals surface area contributed by atoms with Crippen LogP contribution in [0.3, 0.4) is 0 Å². The molecule has 0 saturated carbocycles. The molecule has 4 heteroatoms. The monoisotopic (exact) mass is 254 g/mol. The van der Waals surface area contributed by atoms with Gasteiger partial charge in [0.1, 0.15) is 0 Å². The SMILES string of the molecule is CCCCN(C)C(=O)Nc1cc(Cl)ccc1C. The van der Waals surface area contributed by atoms with E-state index in [4.69, 9.17) is 11.6 Å². The van der Waals surface area contributed by atoms with Crippen molar-refractivity contribution in [2.75, 3.05) is 18.9 Å². The number of carbonyl (C=O) groups is 1. The Kier molecular flexibility index (Phi) is 5.29. The van der Waals surface area contributed by atoms with Gasteiger partial charge in [-0.2, -0.15) is 0 Å². The van der Waals surface area contributed by atoms with Gasteiger partial charge in [0.2, 0.25) is 0 Å². The summed E-state index contributed by atoms with van der Waals surface area (Å²) < 4.78 is 0. The first-order valence-corrected chi connectivity index (χ1v) is 6.20. The number of unbranched alkanes of at least 4 members (excludes halogenated alkanes) is 1. The van der Waals surface area contributed by atoms with E-state index in [-0.39, 0.29) is 6.03 Å². The average molecular weight is 255 g/mol. The Hall–Kier alpha value is -1.22. The summed E-state index contributed by atoms with van der Waals surface area (Å²) in [6, 6.07) is 5.38. The number of hydrogen-bond donors (Lipinski definition) is 1. The van der Waals surface area contributed by atoms with E-state index in [1.807, 2.05) is 19.1 Å². The van der Waals surface area contributed by atoms with Gasteiger partial charge in [-0.1, -0.05) is 31.0 Å². The zero-order valence-electron chi connectivity index (χ0n) is 10.6. The Labute approximate surface area is 108 Å². The molecule has 0 radical (unpaired) electrons. The van der Waals surface area contributed by atoms with E-state index in [0.717, 1.165) is 30.6 Å². The zero-order chi connectivity index (χ0) is 12.8. The van der Waals surface area contributed by atoms with Crippen LogP contribution in [0, 0.1) is 6.92 Å². The number of anilines is 1. The maximum Gasteiger partial charge on any atom is 0.321 e. The predicted molar refractivity (Wildman–Crippen MR) is 72.7 cm³/mol. The van der Waals surface area contributed by atoms with Crippen LogP contribution in [-0.4, -0.2) is 24.5 Å². The minimum Gasteiger partial charge on any atom is -0.328 e. The van der Waals surface area contributed by atoms with E-state index >= 15 is 0 Å². The van der Waals surface area contributed by atoms with Gasteiger partial charge in [-0.25, -0.2) is 4.79 Å². The number of amides is 2. The lowest BCUT2D eigenvalue weighted by atomic mass is 10.2. The van der Waals surface area contributed by atoms with Crippen LogP contribution >= 0.6 is 11.6 Å². The predicted octanol–water partition coefficient (Wildman–Crippen LogP) is 3.91. The summed E-state index contributed by atoms with van der Waals surface area (Å²) in [4.78, 5) is 13.5. The van der Waals surface area contributed by atoms with Crippen LogP contribution in [0.5, 0.6) is 0 Å². The fourth-order valence-electron chi connectivity index (χ4n) is 1.44. The fraction of sp³-hybridized carbons (Fsp3) is 0.462. The van der Waals surface area contributed by atoms with E-state index in [9.17, 15) is 4.79 Å². The standard InChI is InChI=1S/C13H19ClN2O/c1-4-5-8-16(3)13(17)15-12-9-11(14)7-6-10(12)2/h6-7,9H,4-5,8H2,1-3H3,(H,15,17). The first-order valence-electron chi connectivity index (χ1n) is 5.83. The molecular formula is C13H19ClN2O. The highest BCUT2D eigenvalue weighted by Crippen LogP contribution is 2.20. The minimum atomic E-state index is -0.0937. The number of nitrogens with one attached hydrogen (secondary N) is 1. The molecule has 0 aromatic heterocycles. The van der Waals surface area contributed by atoms with E-state index in [2.05, 4.69) is 12.2 Å². The number of benzene rings is 1. The first kappa shape index (κ1) is 13.8. The van der Waals surface area contributed by atoms with Gasteiger partial charge in [0.25, 0.3) is 0 Å². The molecule has 1 rings (SSSR count). The van der Waals surface area contributed by atoms with Gasteiger partial charge in [-0.15, -0.1) is 0 Å². The number of nitrogens with zero attached hydrogens (tertiary/aromatic N) is 1. The highest BCUT2D eigenvalue weighted by molar-refractivity contribution is 6.31. The molecule has 0 atom stereocenters. The second-order valence-corrected chi connectivity index (χ2v) is 4.60. The van der Waals surface area contributed by atoms with Crippen molar-refractivity contribution in [2.24, 2.45) is 0 Å². The molecule has 3 nitrogen and oxygen atoms in total. The van der Waals surface area contributed by atoms with Crippen molar-refractivity contribution < 1.29 is 4.79 Å². The molecule has 0 bridgehead atoms. The molecule has 1 aromatic rings. The average Bonchev–Trinajstić information content (AvgIpc) is 2.30. The number of rotatable bonds is 4. The fourth-order valence-corrected chi connectivity index (χ4v) is 1.61. The van der Waals surface area contributed by atoms with E-state index < -0.39 is 0 Å². The molecule has 0 fully saturated rings. The van der Waals surface area contributed by atoms with Crippen LogP contribution in [0.15, 0.2) is 18.2 Å². The van der Waals surface area contributed by atoms with Gasteiger partial charge < -0.3 is 10.2 Å². The number of halogens is 1. The smallest absolute Gasteiger partial charge is 0.321 e. The summed E-state index contributed by atoms with van der Waals surface area (Å²) in [5, 5.41) is 3.49. The topological polar surface area (TPSA) is 32.3 Å². The first-order chi connectivity index (χ1) is 8.04. The lowest BCUT2D eigenvalue weighted by Crippen LogP contribution is -2.32. The van der Waals surface area contributed by atoms with Crippen LogP contribution in [0.2, 0.25) is 5.02 Å². The summed E-state index contributed by atoms with van der Waals surface area (Å²) in [5.74, 6) is 0. The summed E-state index contributed by atoms with van der Waals surface area (Å²) in [6.07, 6.45) is 2.09. The molecule has 17 heavy (non-hydrogen) atoms. The van der Waals surface area contributed by atoms with Gasteiger partial charge in [0.05, 0.1) is 0 Å². The van der Waals surface area contributed by atoms with E-state index in [1.165, 1.54) is 0 Å². The zero-order valence-corrected chi connectivity index (χ0v) is 11.3. The van der Waals surface area contributed by atoms with Gasteiger partial charge in [0, 0.05) is 24.3 Å². The van der Waals surface area contributed by atoms with Gasteiger partial charge in [-0.3, -0.25) is 0 Å². The molecule has 0 saturated heterocycles. The van der Waals surface area contributed by atoms with Crippen LogP contribution < -0.4 is 5.32 Å². The molecule has 0 unspecified atom stereocenters. The van der Waals surface area contributed by atoms with Crippen molar-refractivity contribution in [2.45, 2.75) is 26.7 Å². The minimum absolute atomic E-state index is 0.0937. The molecule has 0 spiro atoms. The quantitative estimate of drug-likeness (QED) is 0.868. The lowest BCUT2D eigenvalue weighted by Gasteiger charge is -2.18. The molecule has 0 aliphatic carbocycles. The Morgan fingerprint density at radius 1 is 1.47 bits per heavy atom. The normalized spacial score (nSPS) is 10.1. The van der Waals surface area contributed by atoms with Crippen molar-refractivity contribution >= 4 is 23.3 Å². The Morgan fingerprint density at radius 3 is 2.82 bits per heavy atom. The van der Waals surface area contributed by atoms with Crippen LogP contribution in [-0.2, 0) is 0 Å². The van der Waals surface area contributed by atoms with Gasteiger partial charge in [-0.05, 0) is 31.0 Å². The van der Waals surface area contributed by atoms with Crippen molar-refractivity contribution in [1.29, 1.82) is 0 Å². The molecule has 2 amide bonds. The van der Waals surface area contributed by atoms with E-state index in [1.54, 1.807) is 18.0 Å². The highest BCUT2D eigenvalue weighted by Gasteiger charge is 2.09. The van der Waals surface area contributed by atoms with Crippen LogP contribution in [0.25, 0.3) is 0 Å². The summed E-state index contributed by atoms with van der Waals surface area (Å²) >= 11 is 5.90. The Morgan fingerprint density at radius 2 is 2.18 bits per heavy atom. The van der Waals surface area contributed by atoms with E-state index in [0.29, 0.717) is 5.02 Å². The molecular weight excluding hydrogens is 236 g/mol. The highest BCUT2D eigenvalue weighted by atomic mass is 35.5.